The predicted octanol–water partition coefficient (Wildman–Crippen LogP) is 1.59. The average molecular weight is 305 g/mol. The van der Waals surface area contributed by atoms with Crippen molar-refractivity contribution in [3.05, 3.63) is 35.4 Å². The van der Waals surface area contributed by atoms with Gasteiger partial charge >= 0.3 is 5.97 Å². The molecule has 0 heterocycles. The Balaban J connectivity index is 2.76. The number of amides is 1. The van der Waals surface area contributed by atoms with Gasteiger partial charge in [0.15, 0.2) is 0 Å². The first kappa shape index (κ1) is 17.4. The first-order chi connectivity index (χ1) is 10.5. The summed E-state index contributed by atoms with van der Waals surface area (Å²) in [5, 5.41) is 2.59. The number of hydrogen-bond donors (Lipinski definition) is 1. The molecule has 0 aliphatic carbocycles. The van der Waals surface area contributed by atoms with E-state index in [1.165, 1.54) is 27.2 Å². The van der Waals surface area contributed by atoms with Gasteiger partial charge in [-0.1, -0.05) is 6.07 Å². The summed E-state index contributed by atoms with van der Waals surface area (Å²) in [6, 6.07) is 4.91. The molecule has 0 bridgehead atoms. The molecule has 1 rings (SSSR count). The lowest BCUT2D eigenvalue weighted by atomic mass is 10.1. The van der Waals surface area contributed by atoms with Gasteiger partial charge in [0.25, 0.3) is 0 Å². The van der Waals surface area contributed by atoms with Crippen LogP contribution in [0.5, 0.6) is 5.75 Å². The van der Waals surface area contributed by atoms with Gasteiger partial charge in [-0.15, -0.1) is 0 Å². The van der Waals surface area contributed by atoms with Crippen molar-refractivity contribution in [3.8, 4) is 5.75 Å². The largest absolute Gasteiger partial charge is 0.496 e. The van der Waals surface area contributed by atoms with Crippen LogP contribution in [0, 0.1) is 0 Å². The molecule has 22 heavy (non-hydrogen) atoms. The predicted molar refractivity (Wildman–Crippen MR) is 81.7 cm³/mol. The van der Waals surface area contributed by atoms with Gasteiger partial charge in [0, 0.05) is 19.0 Å². The maximum absolute atomic E-state index is 11.7. The van der Waals surface area contributed by atoms with Gasteiger partial charge < -0.3 is 14.8 Å². The van der Waals surface area contributed by atoms with E-state index < -0.39 is 5.97 Å². The maximum atomic E-state index is 11.7. The van der Waals surface area contributed by atoms with Crippen molar-refractivity contribution in [1.82, 2.24) is 5.32 Å². The molecule has 118 valence electrons. The monoisotopic (exact) mass is 305 g/mol. The molecule has 1 N–H and O–H groups in total. The fourth-order valence-corrected chi connectivity index (χ4v) is 1.69. The van der Waals surface area contributed by atoms with Crippen molar-refractivity contribution < 1.29 is 23.9 Å². The van der Waals surface area contributed by atoms with Crippen LogP contribution in [0.1, 0.15) is 29.3 Å². The molecule has 0 aromatic heterocycles. The molecule has 1 aromatic rings. The fraction of sp³-hybridized carbons (Fsp3) is 0.312. The van der Waals surface area contributed by atoms with Crippen molar-refractivity contribution in [2.24, 2.45) is 0 Å². The van der Waals surface area contributed by atoms with Crippen LogP contribution in [0.25, 0.3) is 6.08 Å². The van der Waals surface area contributed by atoms with Gasteiger partial charge in [-0.2, -0.15) is 0 Å². The first-order valence-corrected chi connectivity index (χ1v) is 6.69. The second-order valence-electron chi connectivity index (χ2n) is 4.53. The molecule has 0 radical (unpaired) electrons. The number of carbonyl (C=O) groups is 3. The Hall–Kier alpha value is -2.63. The van der Waals surface area contributed by atoms with Crippen LogP contribution >= 0.6 is 0 Å². The Bertz CT molecular complexity index is 592. The zero-order chi connectivity index (χ0) is 16.5. The van der Waals surface area contributed by atoms with Gasteiger partial charge in [-0.05, 0) is 30.7 Å². The Labute approximate surface area is 129 Å². The van der Waals surface area contributed by atoms with E-state index in [4.69, 9.17) is 4.74 Å². The molecule has 0 saturated heterocycles. The highest BCUT2D eigenvalue weighted by atomic mass is 16.5. The molecular weight excluding hydrogens is 286 g/mol. The van der Waals surface area contributed by atoms with Crippen LogP contribution in [-0.2, 0) is 14.3 Å². The van der Waals surface area contributed by atoms with Crippen molar-refractivity contribution in [3.63, 3.8) is 0 Å². The average Bonchev–Trinajstić information content (AvgIpc) is 2.51. The number of ketones is 1. The third kappa shape index (κ3) is 5.40. The molecule has 0 saturated carbocycles. The smallest absolute Gasteiger partial charge is 0.341 e. The molecule has 6 nitrogen and oxygen atoms in total. The minimum atomic E-state index is -0.516. The second-order valence-corrected chi connectivity index (χ2v) is 4.53. The lowest BCUT2D eigenvalue weighted by Crippen LogP contribution is -2.23. The van der Waals surface area contributed by atoms with E-state index in [0.29, 0.717) is 24.3 Å². The van der Waals surface area contributed by atoms with Gasteiger partial charge in [0.05, 0.1) is 14.2 Å². The Morgan fingerprint density at radius 2 is 1.95 bits per heavy atom. The van der Waals surface area contributed by atoms with E-state index in [-0.39, 0.29) is 17.3 Å². The number of carbonyl (C=O) groups excluding carboxylic acids is 3. The van der Waals surface area contributed by atoms with E-state index in [0.717, 1.165) is 0 Å². The van der Waals surface area contributed by atoms with Crippen LogP contribution in [0.2, 0.25) is 0 Å². The highest BCUT2D eigenvalue weighted by Crippen LogP contribution is 2.21. The van der Waals surface area contributed by atoms with Crippen LogP contribution in [0.15, 0.2) is 24.3 Å². The number of benzene rings is 1. The normalized spacial score (nSPS) is 10.3. The molecule has 0 fully saturated rings. The fourth-order valence-electron chi connectivity index (χ4n) is 1.69. The topological polar surface area (TPSA) is 81.7 Å². The molecule has 0 atom stereocenters. The van der Waals surface area contributed by atoms with E-state index >= 15 is 0 Å². The summed E-state index contributed by atoms with van der Waals surface area (Å²) in [6.07, 6.45) is 3.20. The number of ether oxygens (including phenoxy) is 2. The lowest BCUT2D eigenvalue weighted by molar-refractivity contribution is -0.117. The van der Waals surface area contributed by atoms with E-state index in [1.807, 2.05) is 0 Å². The molecule has 0 unspecified atom stereocenters. The van der Waals surface area contributed by atoms with Crippen LogP contribution in [-0.4, -0.2) is 38.4 Å². The SMILES string of the molecule is COC(=O)c1cc(/C=C/C(=O)NCCC(C)=O)ccc1OC. The Morgan fingerprint density at radius 3 is 2.55 bits per heavy atom. The molecular formula is C16H19NO5. The van der Waals surface area contributed by atoms with E-state index in [9.17, 15) is 14.4 Å². The number of hydrogen-bond acceptors (Lipinski definition) is 5. The number of esters is 1. The van der Waals surface area contributed by atoms with Crippen molar-refractivity contribution in [2.45, 2.75) is 13.3 Å². The summed E-state index contributed by atoms with van der Waals surface area (Å²) in [6.45, 7) is 1.77. The summed E-state index contributed by atoms with van der Waals surface area (Å²) >= 11 is 0. The van der Waals surface area contributed by atoms with Gasteiger partial charge in [-0.25, -0.2) is 4.79 Å². The first-order valence-electron chi connectivity index (χ1n) is 6.69. The van der Waals surface area contributed by atoms with Crippen LogP contribution in [0.4, 0.5) is 0 Å². The minimum Gasteiger partial charge on any atom is -0.496 e. The standard InChI is InChI=1S/C16H19NO5/c1-11(18)8-9-17-15(19)7-5-12-4-6-14(21-2)13(10-12)16(20)22-3/h4-7,10H,8-9H2,1-3H3,(H,17,19)/b7-5+. The van der Waals surface area contributed by atoms with Crippen molar-refractivity contribution in [1.29, 1.82) is 0 Å². The molecule has 1 aromatic carbocycles. The Morgan fingerprint density at radius 1 is 1.23 bits per heavy atom. The summed E-state index contributed by atoms with van der Waals surface area (Å²) in [5.74, 6) is -0.410. The molecule has 0 aliphatic rings. The minimum absolute atomic E-state index is 0.0159. The molecule has 0 aliphatic heterocycles. The second kappa shape index (κ2) is 8.61. The zero-order valence-electron chi connectivity index (χ0n) is 12.8. The number of methoxy groups -OCH3 is 2. The molecule has 0 spiro atoms. The quantitative estimate of drug-likeness (QED) is 0.611. The summed E-state index contributed by atoms with van der Waals surface area (Å²) in [5.41, 5.74) is 0.937. The van der Waals surface area contributed by atoms with Gasteiger partial charge in [0.1, 0.15) is 17.1 Å². The summed E-state index contributed by atoms with van der Waals surface area (Å²) < 4.78 is 9.77. The highest BCUT2D eigenvalue weighted by Gasteiger charge is 2.12. The number of Topliss-reactive ketones (excluding diaryl/α,β-unsaturated/α-hetero) is 1. The molecule has 6 heteroatoms. The van der Waals surface area contributed by atoms with Crippen molar-refractivity contribution >= 4 is 23.7 Å². The van der Waals surface area contributed by atoms with Gasteiger partial charge in [-0.3, -0.25) is 9.59 Å². The maximum Gasteiger partial charge on any atom is 0.341 e. The lowest BCUT2D eigenvalue weighted by Gasteiger charge is -2.07. The highest BCUT2D eigenvalue weighted by molar-refractivity contribution is 5.95. The van der Waals surface area contributed by atoms with E-state index in [1.54, 1.807) is 24.3 Å². The van der Waals surface area contributed by atoms with Gasteiger partial charge in [0.2, 0.25) is 5.91 Å². The third-order valence-electron chi connectivity index (χ3n) is 2.83. The summed E-state index contributed by atoms with van der Waals surface area (Å²) in [7, 11) is 2.74. The third-order valence-corrected chi connectivity index (χ3v) is 2.83. The zero-order valence-corrected chi connectivity index (χ0v) is 12.8. The van der Waals surface area contributed by atoms with E-state index in [2.05, 4.69) is 10.1 Å². The summed E-state index contributed by atoms with van der Waals surface area (Å²) in [4.78, 5) is 34.0. The van der Waals surface area contributed by atoms with Crippen LogP contribution < -0.4 is 10.1 Å². The number of rotatable bonds is 7. The number of nitrogens with one attached hydrogen (secondary N) is 1. The Kier molecular flexibility index (Phi) is 6.82. The van der Waals surface area contributed by atoms with Crippen LogP contribution in [0.3, 0.4) is 0 Å². The molecule has 1 amide bonds. The van der Waals surface area contributed by atoms with Crippen molar-refractivity contribution in [2.75, 3.05) is 20.8 Å².